The van der Waals surface area contributed by atoms with Gasteiger partial charge in [-0.05, 0) is 59.7 Å². The first-order chi connectivity index (χ1) is 18.3. The van der Waals surface area contributed by atoms with Crippen molar-refractivity contribution >= 4 is 5.78 Å². The first kappa shape index (κ1) is 23.7. The van der Waals surface area contributed by atoms with Crippen LogP contribution in [-0.4, -0.2) is 31.3 Å². The molecule has 4 aromatic carbocycles. The van der Waals surface area contributed by atoms with E-state index < -0.39 is 35.9 Å². The highest BCUT2D eigenvalue weighted by molar-refractivity contribution is 6.01. The van der Waals surface area contributed by atoms with Crippen molar-refractivity contribution < 1.29 is 39.8 Å². The van der Waals surface area contributed by atoms with Crippen molar-refractivity contribution in [1.29, 1.82) is 0 Å². The number of hydrogen-bond acceptors (Lipinski definition) is 8. The predicted octanol–water partition coefficient (Wildman–Crippen LogP) is 5.28. The van der Waals surface area contributed by atoms with E-state index in [4.69, 9.17) is 9.47 Å². The van der Waals surface area contributed by atoms with Crippen LogP contribution in [0.25, 0.3) is 0 Å². The maximum absolute atomic E-state index is 14.2. The Hall–Kier alpha value is -4.69. The normalized spacial score (nSPS) is 23.7. The first-order valence-electron chi connectivity index (χ1n) is 12.1. The van der Waals surface area contributed by atoms with Gasteiger partial charge in [0.1, 0.15) is 40.6 Å². The van der Waals surface area contributed by atoms with Gasteiger partial charge in [-0.15, -0.1) is 0 Å². The molecule has 1 fully saturated rings. The molecule has 6 rings (SSSR count). The summed E-state index contributed by atoms with van der Waals surface area (Å²) < 4.78 is 13.0. The fourth-order valence-electron chi connectivity index (χ4n) is 5.55. The highest BCUT2D eigenvalue weighted by Crippen LogP contribution is 2.60. The summed E-state index contributed by atoms with van der Waals surface area (Å²) in [5.41, 5.74) is 2.03. The molecule has 0 unspecified atom stereocenters. The number of benzene rings is 4. The number of ketones is 1. The third kappa shape index (κ3) is 3.95. The summed E-state index contributed by atoms with van der Waals surface area (Å²) in [6, 6.07) is 21.4. The monoisotopic (exact) mass is 512 g/mol. The molecule has 192 valence electrons. The van der Waals surface area contributed by atoms with Crippen molar-refractivity contribution in [3.05, 3.63) is 107 Å². The van der Waals surface area contributed by atoms with E-state index in [1.807, 2.05) is 0 Å². The molecular formula is C30H24O8. The summed E-state index contributed by atoms with van der Waals surface area (Å²) in [5, 5.41) is 50.2. The summed E-state index contributed by atoms with van der Waals surface area (Å²) in [6.45, 7) is 0. The van der Waals surface area contributed by atoms with Gasteiger partial charge in [-0.25, -0.2) is 0 Å². The van der Waals surface area contributed by atoms with Gasteiger partial charge in [-0.2, -0.15) is 0 Å². The quantitative estimate of drug-likeness (QED) is 0.233. The van der Waals surface area contributed by atoms with E-state index in [2.05, 4.69) is 0 Å². The van der Waals surface area contributed by atoms with Crippen LogP contribution < -0.4 is 4.74 Å². The highest BCUT2D eigenvalue weighted by atomic mass is 16.5. The Morgan fingerprint density at radius 2 is 1.16 bits per heavy atom. The van der Waals surface area contributed by atoms with Gasteiger partial charge in [0.15, 0.2) is 5.78 Å². The van der Waals surface area contributed by atoms with E-state index in [0.29, 0.717) is 22.4 Å². The molecule has 0 aliphatic carbocycles. The Balaban J connectivity index is 1.54. The molecule has 2 heterocycles. The van der Waals surface area contributed by atoms with Gasteiger partial charge in [0.2, 0.25) is 0 Å². The van der Waals surface area contributed by atoms with Crippen molar-refractivity contribution in [3.63, 3.8) is 0 Å². The second-order valence-electron chi connectivity index (χ2n) is 9.59. The van der Waals surface area contributed by atoms with Crippen molar-refractivity contribution in [1.82, 2.24) is 0 Å². The Bertz CT molecular complexity index is 1510. The standard InChI is InChI=1S/C30H24O8/c31-17-5-1-15(2-6-17)28-25(27(36)21-11-9-19(33)13-23(21)35)26-29(16-3-7-18(32)8-4-16)37-24-14-20(34)10-12-22(24)30(26)38-28/h1-14,25-26,28-35H/t25-,26-,28-,29-,30+/m1/s1. The molecule has 8 heteroatoms. The molecule has 38 heavy (non-hydrogen) atoms. The maximum atomic E-state index is 14.2. The molecule has 4 aromatic rings. The Morgan fingerprint density at radius 1 is 0.605 bits per heavy atom. The molecule has 5 N–H and O–H groups in total. The molecule has 0 bridgehead atoms. The molecule has 0 radical (unpaired) electrons. The van der Waals surface area contributed by atoms with E-state index in [-0.39, 0.29) is 34.3 Å². The number of phenolic OH excluding ortho intramolecular Hbond substituents is 5. The number of Topliss-reactive ketones (excluding diaryl/α,β-unsaturated/α-hetero) is 1. The minimum atomic E-state index is -0.847. The molecule has 2 aliphatic heterocycles. The number of carbonyl (C=O) groups is 1. The van der Waals surface area contributed by atoms with Gasteiger partial charge in [-0.3, -0.25) is 4.79 Å². The molecule has 2 aliphatic rings. The number of rotatable bonds is 4. The average Bonchev–Trinajstić information content (AvgIpc) is 3.29. The van der Waals surface area contributed by atoms with Gasteiger partial charge in [0.05, 0.1) is 23.7 Å². The zero-order valence-corrected chi connectivity index (χ0v) is 19.9. The van der Waals surface area contributed by atoms with E-state index in [0.717, 1.165) is 6.07 Å². The number of phenols is 5. The maximum Gasteiger partial charge on any atom is 0.173 e. The molecular weight excluding hydrogens is 488 g/mol. The number of aromatic hydroxyl groups is 5. The molecule has 0 aromatic heterocycles. The second-order valence-corrected chi connectivity index (χ2v) is 9.59. The lowest BCUT2D eigenvalue weighted by Crippen LogP contribution is -2.35. The van der Waals surface area contributed by atoms with Crippen molar-refractivity contribution in [2.24, 2.45) is 11.8 Å². The number of fused-ring (bicyclic) bond motifs is 3. The van der Waals surface area contributed by atoms with Gasteiger partial charge < -0.3 is 35.0 Å². The smallest absolute Gasteiger partial charge is 0.173 e. The summed E-state index contributed by atoms with van der Waals surface area (Å²) in [6.07, 6.45) is -2.09. The van der Waals surface area contributed by atoms with Gasteiger partial charge >= 0.3 is 0 Å². The SMILES string of the molecule is O=C(c1ccc(O)cc1O)[C@H]1[C@@H]2[C@@H](c3ccc(O)cc3)Oc3cc(O)ccc3[C@@H]2O[C@@H]1c1ccc(O)cc1. The summed E-state index contributed by atoms with van der Waals surface area (Å²) in [4.78, 5) is 14.2. The number of hydrogen-bond donors (Lipinski definition) is 5. The van der Waals surface area contributed by atoms with Gasteiger partial charge in [0.25, 0.3) is 0 Å². The highest BCUT2D eigenvalue weighted by Gasteiger charge is 2.56. The van der Waals surface area contributed by atoms with Crippen LogP contribution in [0.5, 0.6) is 34.5 Å². The topological polar surface area (TPSA) is 137 Å². The van der Waals surface area contributed by atoms with E-state index in [1.54, 1.807) is 30.3 Å². The fourth-order valence-corrected chi connectivity index (χ4v) is 5.55. The van der Waals surface area contributed by atoms with Crippen molar-refractivity contribution in [2.75, 3.05) is 0 Å². The minimum absolute atomic E-state index is 0.0152. The predicted molar refractivity (Wildman–Crippen MR) is 135 cm³/mol. The second kappa shape index (κ2) is 9.00. The molecule has 0 saturated carbocycles. The first-order valence-corrected chi connectivity index (χ1v) is 12.1. The van der Waals surface area contributed by atoms with E-state index in [1.165, 1.54) is 48.5 Å². The lowest BCUT2D eigenvalue weighted by Gasteiger charge is -2.37. The summed E-state index contributed by atoms with van der Waals surface area (Å²) in [7, 11) is 0. The van der Waals surface area contributed by atoms with Crippen LogP contribution in [0, 0.1) is 11.8 Å². The van der Waals surface area contributed by atoms with Crippen LogP contribution in [-0.2, 0) is 4.74 Å². The van der Waals surface area contributed by atoms with Crippen LogP contribution in [0.15, 0.2) is 84.9 Å². The molecule has 0 amide bonds. The van der Waals surface area contributed by atoms with Crippen LogP contribution in [0.3, 0.4) is 0 Å². The van der Waals surface area contributed by atoms with Gasteiger partial charge in [0, 0.05) is 23.6 Å². The third-order valence-electron chi connectivity index (χ3n) is 7.28. The number of carbonyl (C=O) groups excluding carboxylic acids is 1. The Labute approximate surface area is 217 Å². The Kier molecular flexibility index (Phi) is 5.61. The lowest BCUT2D eigenvalue weighted by atomic mass is 9.73. The largest absolute Gasteiger partial charge is 0.508 e. The van der Waals surface area contributed by atoms with E-state index in [9.17, 15) is 30.3 Å². The summed E-state index contributed by atoms with van der Waals surface area (Å²) in [5.74, 6) is -1.78. The van der Waals surface area contributed by atoms with Crippen LogP contribution in [0.2, 0.25) is 0 Å². The molecule has 8 nitrogen and oxygen atoms in total. The van der Waals surface area contributed by atoms with Crippen LogP contribution in [0.4, 0.5) is 0 Å². The zero-order chi connectivity index (χ0) is 26.6. The fraction of sp³-hybridized carbons (Fsp3) is 0.167. The third-order valence-corrected chi connectivity index (χ3v) is 7.28. The minimum Gasteiger partial charge on any atom is -0.508 e. The van der Waals surface area contributed by atoms with Crippen LogP contribution >= 0.6 is 0 Å². The molecule has 1 saturated heterocycles. The van der Waals surface area contributed by atoms with Gasteiger partial charge in [-0.1, -0.05) is 24.3 Å². The van der Waals surface area contributed by atoms with Crippen molar-refractivity contribution in [2.45, 2.75) is 18.3 Å². The van der Waals surface area contributed by atoms with E-state index >= 15 is 0 Å². The lowest BCUT2D eigenvalue weighted by molar-refractivity contribution is -0.00737. The molecule has 0 spiro atoms. The average molecular weight is 513 g/mol. The Morgan fingerprint density at radius 3 is 1.79 bits per heavy atom. The van der Waals surface area contributed by atoms with Crippen molar-refractivity contribution in [3.8, 4) is 34.5 Å². The molecule has 5 atom stereocenters. The zero-order valence-electron chi connectivity index (χ0n) is 19.9. The summed E-state index contributed by atoms with van der Waals surface area (Å²) >= 11 is 0. The van der Waals surface area contributed by atoms with Crippen LogP contribution in [0.1, 0.15) is 45.4 Å². The number of ether oxygens (including phenoxy) is 2.